The molecule has 9 heteroatoms. The first-order chi connectivity index (χ1) is 12.4. The molecule has 0 atom stereocenters. The van der Waals surface area contributed by atoms with Crippen LogP contribution < -0.4 is 16.4 Å². The van der Waals surface area contributed by atoms with Gasteiger partial charge in [-0.2, -0.15) is 13.2 Å². The number of guanidine groups is 1. The number of para-hydroxylation sites is 1. The number of hydrogen-bond acceptors (Lipinski definition) is 4. The van der Waals surface area contributed by atoms with Crippen LogP contribution in [0.25, 0.3) is 0 Å². The van der Waals surface area contributed by atoms with Crippen LogP contribution in [-0.2, 0) is 17.5 Å². The van der Waals surface area contributed by atoms with E-state index in [1.165, 1.54) is 12.3 Å². The topological polar surface area (TPSA) is 84.6 Å². The molecular weight excluding hydrogens is 347 g/mol. The largest absolute Gasteiger partial charge is 0.419 e. The fraction of sp³-hybridized carbons (Fsp3) is 0.294. The molecule has 0 bridgehead atoms. The Hall–Kier alpha value is -2.81. The molecule has 0 fully saturated rings. The van der Waals surface area contributed by atoms with E-state index in [0.29, 0.717) is 6.61 Å². The van der Waals surface area contributed by atoms with Crippen LogP contribution in [0.3, 0.4) is 0 Å². The highest BCUT2D eigenvalue weighted by atomic mass is 19.4. The molecule has 1 aromatic carbocycles. The molecule has 0 amide bonds. The van der Waals surface area contributed by atoms with Crippen molar-refractivity contribution in [2.24, 2.45) is 10.7 Å². The average molecular weight is 367 g/mol. The van der Waals surface area contributed by atoms with Crippen molar-refractivity contribution in [3.05, 3.63) is 53.7 Å². The summed E-state index contributed by atoms with van der Waals surface area (Å²) in [6.07, 6.45) is -3.17. The van der Waals surface area contributed by atoms with Gasteiger partial charge in [0, 0.05) is 31.1 Å². The van der Waals surface area contributed by atoms with Gasteiger partial charge in [0.25, 0.3) is 0 Å². The Balaban J connectivity index is 1.92. The normalized spacial score (nSPS) is 12.1. The molecule has 0 saturated heterocycles. The third-order valence-electron chi connectivity index (χ3n) is 3.38. The number of hydrogen-bond donors (Lipinski definition) is 3. The number of alkyl halides is 3. The smallest absolute Gasteiger partial charge is 0.380 e. The average Bonchev–Trinajstić information content (AvgIpc) is 2.60. The van der Waals surface area contributed by atoms with Gasteiger partial charge in [-0.15, -0.1) is 0 Å². The van der Waals surface area contributed by atoms with Gasteiger partial charge in [0.1, 0.15) is 5.82 Å². The minimum absolute atomic E-state index is 0.155. The van der Waals surface area contributed by atoms with Crippen molar-refractivity contribution in [2.45, 2.75) is 12.8 Å². The molecule has 0 aliphatic heterocycles. The summed E-state index contributed by atoms with van der Waals surface area (Å²) in [6, 6.07) is 9.66. The Bertz CT molecular complexity index is 749. The van der Waals surface area contributed by atoms with Crippen LogP contribution >= 0.6 is 0 Å². The Labute approximate surface area is 149 Å². The molecule has 0 aliphatic carbocycles. The first-order valence-corrected chi connectivity index (χ1v) is 7.81. The Morgan fingerprint density at radius 2 is 2.00 bits per heavy atom. The predicted octanol–water partition coefficient (Wildman–Crippen LogP) is 3.09. The zero-order valence-electron chi connectivity index (χ0n) is 14.2. The van der Waals surface area contributed by atoms with Gasteiger partial charge in [0.2, 0.25) is 0 Å². The van der Waals surface area contributed by atoms with Crippen molar-refractivity contribution in [1.82, 2.24) is 4.98 Å². The molecular formula is C17H20F3N5O. The van der Waals surface area contributed by atoms with E-state index in [4.69, 9.17) is 10.5 Å². The molecule has 0 saturated carbocycles. The van der Waals surface area contributed by atoms with Crippen molar-refractivity contribution in [2.75, 3.05) is 30.8 Å². The zero-order valence-corrected chi connectivity index (χ0v) is 14.2. The first-order valence-electron chi connectivity index (χ1n) is 7.81. The van der Waals surface area contributed by atoms with Crippen molar-refractivity contribution in [1.29, 1.82) is 0 Å². The second-order valence-corrected chi connectivity index (χ2v) is 5.31. The van der Waals surface area contributed by atoms with Crippen LogP contribution in [0, 0.1) is 0 Å². The first kappa shape index (κ1) is 19.5. The van der Waals surface area contributed by atoms with E-state index in [1.807, 2.05) is 24.3 Å². The fourth-order valence-corrected chi connectivity index (χ4v) is 2.23. The number of pyridine rings is 1. The number of nitrogens with two attached hydrogens (primary N) is 1. The van der Waals surface area contributed by atoms with Crippen LogP contribution in [0.5, 0.6) is 0 Å². The van der Waals surface area contributed by atoms with Crippen molar-refractivity contribution >= 4 is 17.5 Å². The summed E-state index contributed by atoms with van der Waals surface area (Å²) < 4.78 is 43.7. The number of nitrogens with one attached hydrogen (secondary N) is 2. The van der Waals surface area contributed by atoms with Gasteiger partial charge in [0.05, 0.1) is 18.7 Å². The van der Waals surface area contributed by atoms with Gasteiger partial charge in [-0.05, 0) is 18.2 Å². The zero-order chi connectivity index (χ0) is 19.0. The highest BCUT2D eigenvalue weighted by Gasteiger charge is 2.33. The molecule has 0 spiro atoms. The molecule has 1 aromatic heterocycles. The Morgan fingerprint density at radius 1 is 1.23 bits per heavy atom. The van der Waals surface area contributed by atoms with Crippen LogP contribution in [0.1, 0.15) is 11.1 Å². The molecule has 140 valence electrons. The second-order valence-electron chi connectivity index (χ2n) is 5.31. The number of ether oxygens (including phenoxy) is 1. The van der Waals surface area contributed by atoms with Gasteiger partial charge in [-0.3, -0.25) is 4.99 Å². The number of anilines is 2. The lowest BCUT2D eigenvalue weighted by molar-refractivity contribution is -0.137. The maximum absolute atomic E-state index is 12.9. The van der Waals surface area contributed by atoms with Crippen molar-refractivity contribution in [3.63, 3.8) is 0 Å². The van der Waals surface area contributed by atoms with Crippen molar-refractivity contribution < 1.29 is 17.9 Å². The summed E-state index contributed by atoms with van der Waals surface area (Å²) in [5.74, 6) is -0.0698. The SMILES string of the molecule is COCc1ccccc1NC(N)=NCCNc1ncccc1C(F)(F)F. The van der Waals surface area contributed by atoms with Gasteiger partial charge in [0.15, 0.2) is 5.96 Å². The molecule has 4 N–H and O–H groups in total. The number of methoxy groups -OCH3 is 1. The third-order valence-corrected chi connectivity index (χ3v) is 3.38. The molecule has 0 unspecified atom stereocenters. The fourth-order valence-electron chi connectivity index (χ4n) is 2.23. The van der Waals surface area contributed by atoms with E-state index >= 15 is 0 Å². The molecule has 2 rings (SSSR count). The summed E-state index contributed by atoms with van der Waals surface area (Å²) in [7, 11) is 1.59. The maximum atomic E-state index is 12.9. The van der Waals surface area contributed by atoms with Gasteiger partial charge >= 0.3 is 6.18 Å². The molecule has 6 nitrogen and oxygen atoms in total. The number of rotatable bonds is 7. The highest BCUT2D eigenvalue weighted by molar-refractivity contribution is 5.92. The molecule has 0 radical (unpaired) electrons. The van der Waals surface area contributed by atoms with Crippen LogP contribution in [-0.4, -0.2) is 31.1 Å². The minimum Gasteiger partial charge on any atom is -0.380 e. The lowest BCUT2D eigenvalue weighted by Crippen LogP contribution is -2.24. The molecule has 0 aliphatic rings. The number of aliphatic imine (C=N–C) groups is 1. The van der Waals surface area contributed by atoms with E-state index in [-0.39, 0.29) is 24.9 Å². The van der Waals surface area contributed by atoms with Crippen LogP contribution in [0.15, 0.2) is 47.6 Å². The summed E-state index contributed by atoms with van der Waals surface area (Å²) >= 11 is 0. The number of nitrogens with zero attached hydrogens (tertiary/aromatic N) is 2. The molecule has 1 heterocycles. The van der Waals surface area contributed by atoms with Gasteiger partial charge in [-0.25, -0.2) is 4.98 Å². The second kappa shape index (κ2) is 9.04. The lowest BCUT2D eigenvalue weighted by atomic mass is 10.2. The van der Waals surface area contributed by atoms with E-state index < -0.39 is 11.7 Å². The van der Waals surface area contributed by atoms with Gasteiger partial charge in [-0.1, -0.05) is 18.2 Å². The van der Waals surface area contributed by atoms with E-state index in [0.717, 1.165) is 17.3 Å². The van der Waals surface area contributed by atoms with E-state index in [1.54, 1.807) is 7.11 Å². The summed E-state index contributed by atoms with van der Waals surface area (Å²) in [6.45, 7) is 0.749. The third kappa shape index (κ3) is 5.62. The van der Waals surface area contributed by atoms with Crippen LogP contribution in [0.4, 0.5) is 24.7 Å². The summed E-state index contributed by atoms with van der Waals surface area (Å²) in [4.78, 5) is 7.82. The highest BCUT2D eigenvalue weighted by Crippen LogP contribution is 2.33. The number of halogens is 3. The van der Waals surface area contributed by atoms with Crippen LogP contribution in [0.2, 0.25) is 0 Å². The number of aromatic nitrogens is 1. The van der Waals surface area contributed by atoms with Gasteiger partial charge < -0.3 is 21.1 Å². The Kier molecular flexibility index (Phi) is 6.79. The summed E-state index contributed by atoms with van der Waals surface area (Å²) in [5, 5.41) is 5.58. The predicted molar refractivity (Wildman–Crippen MR) is 95.0 cm³/mol. The Morgan fingerprint density at radius 3 is 2.73 bits per heavy atom. The molecule has 2 aromatic rings. The standard InChI is InChI=1S/C17H20F3N5O/c1-26-11-12-5-2-3-7-14(12)25-16(21)24-10-9-23-15-13(17(18,19)20)6-4-8-22-15/h2-8H,9-11H2,1H3,(H,22,23)(H3,21,24,25). The maximum Gasteiger partial charge on any atom is 0.419 e. The molecule has 26 heavy (non-hydrogen) atoms. The quantitative estimate of drug-likeness (QED) is 0.398. The lowest BCUT2D eigenvalue weighted by Gasteiger charge is -2.13. The monoisotopic (exact) mass is 367 g/mol. The van der Waals surface area contributed by atoms with E-state index in [9.17, 15) is 13.2 Å². The van der Waals surface area contributed by atoms with Crippen molar-refractivity contribution in [3.8, 4) is 0 Å². The summed E-state index contributed by atoms with van der Waals surface area (Å²) in [5.41, 5.74) is 6.68. The van der Waals surface area contributed by atoms with E-state index in [2.05, 4.69) is 20.6 Å². The number of benzene rings is 1. The minimum atomic E-state index is -4.47.